The van der Waals surface area contributed by atoms with Gasteiger partial charge >= 0.3 is 6.03 Å². The lowest BCUT2D eigenvalue weighted by Gasteiger charge is -2.34. The fraction of sp³-hybridized carbons (Fsp3) is 0.625. The van der Waals surface area contributed by atoms with Crippen LogP contribution in [0.25, 0.3) is 0 Å². The van der Waals surface area contributed by atoms with Crippen LogP contribution in [0.3, 0.4) is 0 Å². The van der Waals surface area contributed by atoms with E-state index in [4.69, 9.17) is 0 Å². The number of likely N-dealkylation sites (tertiary alicyclic amines) is 1. The van der Waals surface area contributed by atoms with Crippen molar-refractivity contribution in [2.75, 3.05) is 13.1 Å². The average molecular weight is 429 g/mol. The van der Waals surface area contributed by atoms with E-state index in [1.54, 1.807) is 0 Å². The lowest BCUT2D eigenvalue weighted by atomic mass is 9.95. The quantitative estimate of drug-likeness (QED) is 0.651. The van der Waals surface area contributed by atoms with Gasteiger partial charge in [-0.25, -0.2) is 4.79 Å². The number of benzene rings is 1. The Morgan fingerprint density at radius 2 is 1.55 bits per heavy atom. The van der Waals surface area contributed by atoms with Crippen LogP contribution in [-0.4, -0.2) is 54.0 Å². The van der Waals surface area contributed by atoms with E-state index in [-0.39, 0.29) is 23.9 Å². The van der Waals surface area contributed by atoms with Crippen molar-refractivity contribution >= 4 is 17.8 Å². The Morgan fingerprint density at radius 1 is 0.935 bits per heavy atom. The monoisotopic (exact) mass is 428 g/mol. The molecule has 1 atom stereocenters. The fourth-order valence-corrected chi connectivity index (χ4v) is 4.46. The number of rotatable bonds is 6. The minimum atomic E-state index is -0.604. The molecule has 2 aliphatic rings. The highest BCUT2D eigenvalue weighted by Gasteiger charge is 2.28. The molecule has 0 unspecified atom stereocenters. The van der Waals surface area contributed by atoms with Crippen molar-refractivity contribution in [1.29, 1.82) is 0 Å². The lowest BCUT2D eigenvalue weighted by Crippen LogP contribution is -2.54. The standard InChI is InChI=1S/C24H36N4O3/c1-17-8-10-19(11-9-17)16-22(25-18(2)29)23(30)26-21-12-14-28(15-13-21)24(31)27-20-6-4-3-5-7-20/h8-11,20-22H,3-7,12-16H2,1-2H3,(H,25,29)(H,26,30)(H,27,31)/t22-/m1/s1. The van der Waals surface area contributed by atoms with E-state index in [9.17, 15) is 14.4 Å². The van der Waals surface area contributed by atoms with Gasteiger partial charge in [0, 0.05) is 38.5 Å². The van der Waals surface area contributed by atoms with Gasteiger partial charge in [-0.05, 0) is 38.2 Å². The third-order valence-electron chi connectivity index (χ3n) is 6.32. The molecule has 1 saturated heterocycles. The first-order chi connectivity index (χ1) is 14.9. The highest BCUT2D eigenvalue weighted by atomic mass is 16.2. The summed E-state index contributed by atoms with van der Waals surface area (Å²) in [5, 5.41) is 9.03. The predicted octanol–water partition coefficient (Wildman–Crippen LogP) is 2.67. The number of nitrogens with one attached hydrogen (secondary N) is 3. The Labute approximate surface area is 185 Å². The zero-order chi connectivity index (χ0) is 22.2. The zero-order valence-electron chi connectivity index (χ0n) is 18.8. The van der Waals surface area contributed by atoms with Crippen LogP contribution in [0.5, 0.6) is 0 Å². The van der Waals surface area contributed by atoms with Gasteiger partial charge < -0.3 is 20.9 Å². The van der Waals surface area contributed by atoms with Crippen LogP contribution in [0.4, 0.5) is 4.79 Å². The van der Waals surface area contributed by atoms with Gasteiger partial charge in [0.15, 0.2) is 0 Å². The summed E-state index contributed by atoms with van der Waals surface area (Å²) in [5.41, 5.74) is 2.16. The molecule has 1 heterocycles. The third-order valence-corrected chi connectivity index (χ3v) is 6.32. The van der Waals surface area contributed by atoms with Crippen LogP contribution in [0, 0.1) is 6.92 Å². The molecule has 0 spiro atoms. The van der Waals surface area contributed by atoms with Crippen molar-refractivity contribution in [3.63, 3.8) is 0 Å². The van der Waals surface area contributed by atoms with Gasteiger partial charge in [0.2, 0.25) is 11.8 Å². The maximum absolute atomic E-state index is 12.9. The normalized spacial score (nSPS) is 18.8. The number of nitrogens with zero attached hydrogens (tertiary/aromatic N) is 1. The molecule has 3 N–H and O–H groups in total. The summed E-state index contributed by atoms with van der Waals surface area (Å²) in [4.78, 5) is 38.9. The van der Waals surface area contributed by atoms with Gasteiger partial charge in [0.1, 0.15) is 6.04 Å². The smallest absolute Gasteiger partial charge is 0.317 e. The van der Waals surface area contributed by atoms with Crippen molar-refractivity contribution in [2.24, 2.45) is 0 Å². The minimum Gasteiger partial charge on any atom is -0.351 e. The summed E-state index contributed by atoms with van der Waals surface area (Å²) < 4.78 is 0. The van der Waals surface area contributed by atoms with Crippen LogP contribution < -0.4 is 16.0 Å². The number of piperidine rings is 1. The molecule has 0 radical (unpaired) electrons. The molecule has 7 nitrogen and oxygen atoms in total. The number of amides is 4. The fourth-order valence-electron chi connectivity index (χ4n) is 4.46. The second-order valence-electron chi connectivity index (χ2n) is 9.00. The number of hydrogen-bond donors (Lipinski definition) is 3. The molecule has 1 aliphatic carbocycles. The molecule has 1 aliphatic heterocycles. The minimum absolute atomic E-state index is 0.0144. The van der Waals surface area contributed by atoms with E-state index in [2.05, 4.69) is 16.0 Å². The van der Waals surface area contributed by atoms with Gasteiger partial charge in [-0.1, -0.05) is 49.1 Å². The summed E-state index contributed by atoms with van der Waals surface area (Å²) in [7, 11) is 0. The molecular weight excluding hydrogens is 392 g/mol. The second kappa shape index (κ2) is 11.2. The van der Waals surface area contributed by atoms with Crippen molar-refractivity contribution in [3.8, 4) is 0 Å². The van der Waals surface area contributed by atoms with Crippen molar-refractivity contribution in [2.45, 2.75) is 83.3 Å². The highest BCUT2D eigenvalue weighted by Crippen LogP contribution is 2.18. The van der Waals surface area contributed by atoms with E-state index in [0.29, 0.717) is 25.6 Å². The van der Waals surface area contributed by atoms with E-state index < -0.39 is 6.04 Å². The van der Waals surface area contributed by atoms with E-state index in [1.807, 2.05) is 36.1 Å². The van der Waals surface area contributed by atoms with Crippen LogP contribution in [0.2, 0.25) is 0 Å². The largest absolute Gasteiger partial charge is 0.351 e. The van der Waals surface area contributed by atoms with Crippen molar-refractivity contribution < 1.29 is 14.4 Å². The topological polar surface area (TPSA) is 90.5 Å². The maximum Gasteiger partial charge on any atom is 0.317 e. The Kier molecular flexibility index (Phi) is 8.32. The van der Waals surface area contributed by atoms with Gasteiger partial charge in [-0.15, -0.1) is 0 Å². The predicted molar refractivity (Wildman–Crippen MR) is 121 cm³/mol. The Hall–Kier alpha value is -2.57. The van der Waals surface area contributed by atoms with Crippen LogP contribution >= 0.6 is 0 Å². The SMILES string of the molecule is CC(=O)N[C@H](Cc1ccc(C)cc1)C(=O)NC1CCN(C(=O)NC2CCCCC2)CC1. The molecule has 0 bridgehead atoms. The van der Waals surface area contributed by atoms with Gasteiger partial charge in [-0.3, -0.25) is 9.59 Å². The Balaban J connectivity index is 1.47. The van der Waals surface area contributed by atoms with Gasteiger partial charge in [0.05, 0.1) is 0 Å². The van der Waals surface area contributed by atoms with Crippen molar-refractivity contribution in [3.05, 3.63) is 35.4 Å². The summed E-state index contributed by atoms with van der Waals surface area (Å²) in [6.45, 7) is 4.71. The molecule has 7 heteroatoms. The zero-order valence-corrected chi connectivity index (χ0v) is 18.8. The maximum atomic E-state index is 12.9. The molecule has 0 aromatic heterocycles. The molecule has 3 rings (SSSR count). The van der Waals surface area contributed by atoms with E-state index in [0.717, 1.165) is 36.8 Å². The first kappa shape index (κ1) is 23.1. The van der Waals surface area contributed by atoms with Crippen molar-refractivity contribution in [1.82, 2.24) is 20.9 Å². The number of urea groups is 1. The molecule has 2 fully saturated rings. The molecule has 4 amide bonds. The molecule has 1 aromatic rings. The number of carbonyl (C=O) groups excluding carboxylic acids is 3. The van der Waals surface area contributed by atoms with E-state index in [1.165, 1.54) is 26.2 Å². The molecular formula is C24H36N4O3. The Morgan fingerprint density at radius 3 is 2.16 bits per heavy atom. The molecule has 1 saturated carbocycles. The van der Waals surface area contributed by atoms with Crippen LogP contribution in [-0.2, 0) is 16.0 Å². The third kappa shape index (κ3) is 7.26. The van der Waals surface area contributed by atoms with Crippen LogP contribution in [0.1, 0.15) is 63.0 Å². The summed E-state index contributed by atoms with van der Waals surface area (Å²) in [5.74, 6) is -0.387. The first-order valence-corrected chi connectivity index (χ1v) is 11.6. The first-order valence-electron chi connectivity index (χ1n) is 11.6. The second-order valence-corrected chi connectivity index (χ2v) is 9.00. The number of carbonyl (C=O) groups is 3. The number of aryl methyl sites for hydroxylation is 1. The number of hydrogen-bond acceptors (Lipinski definition) is 3. The van der Waals surface area contributed by atoms with Gasteiger partial charge in [0.25, 0.3) is 0 Å². The van der Waals surface area contributed by atoms with Crippen LogP contribution in [0.15, 0.2) is 24.3 Å². The summed E-state index contributed by atoms with van der Waals surface area (Å²) in [6, 6.07) is 7.72. The molecule has 31 heavy (non-hydrogen) atoms. The lowest BCUT2D eigenvalue weighted by molar-refractivity contribution is -0.128. The summed E-state index contributed by atoms with van der Waals surface area (Å²) >= 11 is 0. The average Bonchev–Trinajstić information content (AvgIpc) is 2.75. The Bertz CT molecular complexity index is 751. The summed E-state index contributed by atoms with van der Waals surface area (Å²) in [6.07, 6.45) is 7.69. The molecule has 170 valence electrons. The molecule has 1 aromatic carbocycles. The van der Waals surface area contributed by atoms with E-state index >= 15 is 0 Å². The highest BCUT2D eigenvalue weighted by molar-refractivity contribution is 5.87. The van der Waals surface area contributed by atoms with Gasteiger partial charge in [-0.2, -0.15) is 0 Å².